The van der Waals surface area contributed by atoms with Gasteiger partial charge in [-0.05, 0) is 12.1 Å². The van der Waals surface area contributed by atoms with Crippen molar-refractivity contribution < 1.29 is 0 Å². The van der Waals surface area contributed by atoms with E-state index in [9.17, 15) is 0 Å². The second-order valence-corrected chi connectivity index (χ2v) is 15.6. The fraction of sp³-hybridized carbons (Fsp3) is 0.800. The van der Waals surface area contributed by atoms with E-state index in [1.165, 1.54) is 5.70 Å². The van der Waals surface area contributed by atoms with E-state index in [-0.39, 0.29) is 0 Å². The van der Waals surface area contributed by atoms with E-state index in [0.29, 0.717) is 0 Å². The summed E-state index contributed by atoms with van der Waals surface area (Å²) < 4.78 is 2.68. The van der Waals surface area contributed by atoms with E-state index >= 15 is 0 Å². The molecule has 0 atom stereocenters. The summed E-state index contributed by atoms with van der Waals surface area (Å²) >= 11 is 0. The van der Waals surface area contributed by atoms with Crippen molar-refractivity contribution in [2.24, 2.45) is 0 Å². The lowest BCUT2D eigenvalue weighted by atomic mass is 10.4. The highest BCUT2D eigenvalue weighted by molar-refractivity contribution is 6.90. The fourth-order valence-corrected chi connectivity index (χ4v) is 12.4. The summed E-state index contributed by atoms with van der Waals surface area (Å²) in [6.07, 6.45) is 1.09. The number of rotatable bonds is 4. The molecule has 0 aromatic carbocycles. The molecule has 0 unspecified atom stereocenters. The molecule has 0 N–H and O–H groups in total. The highest BCUT2D eigenvalue weighted by atomic mass is 28.4. The van der Waals surface area contributed by atoms with Crippen molar-refractivity contribution in [2.45, 2.75) is 52.6 Å². The number of hydrogen-bond donors (Lipinski definition) is 0. The third-order valence-corrected chi connectivity index (χ3v) is 9.41. The first-order valence-corrected chi connectivity index (χ1v) is 12.0. The molecular formula is C10H25NSi2. The molecule has 0 heterocycles. The van der Waals surface area contributed by atoms with Crippen LogP contribution in [0.2, 0.25) is 39.3 Å². The minimum atomic E-state index is -1.21. The predicted octanol–water partition coefficient (Wildman–Crippen LogP) is 3.88. The summed E-state index contributed by atoms with van der Waals surface area (Å²) in [5.41, 5.74) is 1.35. The van der Waals surface area contributed by atoms with Crippen molar-refractivity contribution in [2.75, 3.05) is 0 Å². The van der Waals surface area contributed by atoms with Gasteiger partial charge in [-0.15, -0.1) is 0 Å². The maximum atomic E-state index is 4.20. The molecule has 0 aliphatic carbocycles. The topological polar surface area (TPSA) is 3.24 Å². The fourth-order valence-electron chi connectivity index (χ4n) is 2.11. The van der Waals surface area contributed by atoms with Crippen LogP contribution in [0.25, 0.3) is 0 Å². The first kappa shape index (κ1) is 13.0. The van der Waals surface area contributed by atoms with Crippen molar-refractivity contribution in [1.29, 1.82) is 0 Å². The molecule has 78 valence electrons. The van der Waals surface area contributed by atoms with Crippen LogP contribution in [0.5, 0.6) is 0 Å². The molecule has 0 fully saturated rings. The Morgan fingerprint density at radius 3 is 1.38 bits per heavy atom. The average molecular weight is 215 g/mol. The molecule has 0 spiro atoms. The first-order valence-electron chi connectivity index (χ1n) is 5.09. The molecule has 0 rings (SSSR count). The average Bonchev–Trinajstić information content (AvgIpc) is 1.80. The van der Waals surface area contributed by atoms with Gasteiger partial charge in [-0.2, -0.15) is 0 Å². The maximum Gasteiger partial charge on any atom is 0.138 e. The molecule has 0 aromatic rings. The summed E-state index contributed by atoms with van der Waals surface area (Å²) in [6, 6.07) is 0. The van der Waals surface area contributed by atoms with Crippen LogP contribution in [0.4, 0.5) is 0 Å². The van der Waals surface area contributed by atoms with Gasteiger partial charge in [0, 0.05) is 0 Å². The van der Waals surface area contributed by atoms with Crippen LogP contribution < -0.4 is 0 Å². The van der Waals surface area contributed by atoms with Gasteiger partial charge < -0.3 is 4.23 Å². The Morgan fingerprint density at radius 2 is 1.31 bits per heavy atom. The molecule has 0 amide bonds. The molecule has 13 heavy (non-hydrogen) atoms. The van der Waals surface area contributed by atoms with Gasteiger partial charge in [-0.1, -0.05) is 52.8 Å². The third kappa shape index (κ3) is 3.69. The van der Waals surface area contributed by atoms with Gasteiger partial charge in [-0.3, -0.25) is 0 Å². The Balaban J connectivity index is 4.89. The Labute approximate surface area is 86.0 Å². The first-order chi connectivity index (χ1) is 5.60. The largest absolute Gasteiger partial charge is 0.428 e. The second kappa shape index (κ2) is 4.01. The number of allylic oxidation sites excluding steroid dienone is 1. The van der Waals surface area contributed by atoms with E-state index in [0.717, 1.165) is 6.42 Å². The Morgan fingerprint density at radius 1 is 1.00 bits per heavy atom. The van der Waals surface area contributed by atoms with E-state index in [1.54, 1.807) is 0 Å². The summed E-state index contributed by atoms with van der Waals surface area (Å²) in [7, 11) is -2.42. The Hall–Kier alpha value is -0.0262. The molecule has 0 saturated carbocycles. The zero-order chi connectivity index (χ0) is 10.9. The predicted molar refractivity (Wildman–Crippen MR) is 68.0 cm³/mol. The zero-order valence-electron chi connectivity index (χ0n) is 10.4. The van der Waals surface area contributed by atoms with Crippen molar-refractivity contribution in [3.8, 4) is 0 Å². The standard InChI is InChI=1S/C10H25NSi2/c1-9-10(2)11(12(3,4)5)13(6,7)8/h2,9H2,1,3-8H3. The van der Waals surface area contributed by atoms with Crippen LogP contribution in [0.1, 0.15) is 13.3 Å². The number of nitrogens with zero attached hydrogens (tertiary/aromatic N) is 1. The van der Waals surface area contributed by atoms with Crippen LogP contribution in [-0.4, -0.2) is 20.7 Å². The van der Waals surface area contributed by atoms with E-state index < -0.39 is 16.5 Å². The Bertz CT molecular complexity index is 172. The van der Waals surface area contributed by atoms with Crippen LogP contribution in [0.3, 0.4) is 0 Å². The smallest absolute Gasteiger partial charge is 0.138 e. The normalized spacial score (nSPS) is 12.8. The summed E-state index contributed by atoms with van der Waals surface area (Å²) in [6.45, 7) is 20.9. The highest BCUT2D eigenvalue weighted by Crippen LogP contribution is 2.25. The van der Waals surface area contributed by atoms with E-state index in [2.05, 4.69) is 57.0 Å². The molecule has 0 bridgehead atoms. The van der Waals surface area contributed by atoms with Crippen molar-refractivity contribution in [3.63, 3.8) is 0 Å². The monoisotopic (exact) mass is 215 g/mol. The van der Waals surface area contributed by atoms with Crippen LogP contribution in [0, 0.1) is 0 Å². The summed E-state index contributed by atoms with van der Waals surface area (Å²) in [5.74, 6) is 0. The van der Waals surface area contributed by atoms with Crippen molar-refractivity contribution >= 4 is 16.5 Å². The number of hydrogen-bond acceptors (Lipinski definition) is 1. The minimum absolute atomic E-state index is 1.09. The van der Waals surface area contributed by atoms with Crippen molar-refractivity contribution in [1.82, 2.24) is 4.23 Å². The third-order valence-electron chi connectivity index (χ3n) is 2.07. The van der Waals surface area contributed by atoms with E-state index in [1.807, 2.05) is 0 Å². The lowest BCUT2D eigenvalue weighted by Gasteiger charge is -2.46. The molecule has 3 heteroatoms. The van der Waals surface area contributed by atoms with Gasteiger partial charge in [0.25, 0.3) is 0 Å². The van der Waals surface area contributed by atoms with E-state index in [4.69, 9.17) is 0 Å². The molecule has 0 aromatic heterocycles. The molecule has 1 nitrogen and oxygen atoms in total. The molecular weight excluding hydrogens is 190 g/mol. The van der Waals surface area contributed by atoms with Gasteiger partial charge in [-0.25, -0.2) is 0 Å². The van der Waals surface area contributed by atoms with Gasteiger partial charge >= 0.3 is 0 Å². The van der Waals surface area contributed by atoms with Gasteiger partial charge in [0.15, 0.2) is 0 Å². The molecule has 0 saturated heterocycles. The van der Waals surface area contributed by atoms with Gasteiger partial charge in [0.1, 0.15) is 16.5 Å². The van der Waals surface area contributed by atoms with Crippen LogP contribution in [0.15, 0.2) is 12.3 Å². The highest BCUT2D eigenvalue weighted by Gasteiger charge is 2.34. The zero-order valence-corrected chi connectivity index (χ0v) is 12.4. The lowest BCUT2D eigenvalue weighted by Crippen LogP contribution is -2.57. The quantitative estimate of drug-likeness (QED) is 0.643. The Kier molecular flexibility index (Phi) is 4.00. The molecule has 0 aliphatic heterocycles. The molecule has 0 aliphatic rings. The van der Waals surface area contributed by atoms with Gasteiger partial charge in [0.05, 0.1) is 0 Å². The molecule has 0 radical (unpaired) electrons. The van der Waals surface area contributed by atoms with Crippen molar-refractivity contribution in [3.05, 3.63) is 12.3 Å². The SMILES string of the molecule is C=C(CC)N([Si](C)(C)C)[Si](C)(C)C. The summed E-state index contributed by atoms with van der Waals surface area (Å²) in [5, 5.41) is 0. The lowest BCUT2D eigenvalue weighted by molar-refractivity contribution is 0.718. The summed E-state index contributed by atoms with van der Waals surface area (Å²) in [4.78, 5) is 0. The maximum absolute atomic E-state index is 4.20. The minimum Gasteiger partial charge on any atom is -0.428 e. The van der Waals surface area contributed by atoms with Gasteiger partial charge in [0.2, 0.25) is 0 Å². The van der Waals surface area contributed by atoms with Crippen LogP contribution in [-0.2, 0) is 0 Å². The second-order valence-electron chi connectivity index (χ2n) is 5.60. The van der Waals surface area contributed by atoms with Crippen LogP contribution >= 0.6 is 0 Å².